The molecule has 0 saturated heterocycles. The van der Waals surface area contributed by atoms with Crippen molar-refractivity contribution in [2.24, 2.45) is 0 Å². The van der Waals surface area contributed by atoms with Crippen molar-refractivity contribution >= 4 is 24.5 Å². The van der Waals surface area contributed by atoms with Crippen molar-refractivity contribution in [1.82, 2.24) is 5.32 Å². The first-order valence-corrected chi connectivity index (χ1v) is 6.49. The molecular weight excluding hydrogens is 282 g/mol. The van der Waals surface area contributed by atoms with Crippen molar-refractivity contribution in [3.05, 3.63) is 23.8 Å². The standard InChI is InChI=1S/C13H17NO5S/c1-18-10-4-3-8(5-11(10)19-2)6-12(15)14-9(7-20)13(16)17/h3-5,9,20H,6-7H2,1-2H3,(H,14,15)(H,16,17). The molecule has 6 nitrogen and oxygen atoms in total. The van der Waals surface area contributed by atoms with E-state index in [0.29, 0.717) is 17.1 Å². The van der Waals surface area contributed by atoms with Gasteiger partial charge in [-0.2, -0.15) is 12.6 Å². The van der Waals surface area contributed by atoms with Crippen molar-refractivity contribution in [2.75, 3.05) is 20.0 Å². The minimum Gasteiger partial charge on any atom is -0.493 e. The van der Waals surface area contributed by atoms with Gasteiger partial charge in [-0.25, -0.2) is 4.79 Å². The van der Waals surface area contributed by atoms with Gasteiger partial charge in [0.1, 0.15) is 6.04 Å². The van der Waals surface area contributed by atoms with Gasteiger partial charge in [-0.3, -0.25) is 4.79 Å². The molecule has 1 aromatic rings. The smallest absolute Gasteiger partial charge is 0.327 e. The molecule has 2 N–H and O–H groups in total. The highest BCUT2D eigenvalue weighted by atomic mass is 32.1. The third-order valence-electron chi connectivity index (χ3n) is 2.63. The van der Waals surface area contributed by atoms with Crippen LogP contribution in [0.5, 0.6) is 11.5 Å². The van der Waals surface area contributed by atoms with Crippen LogP contribution in [0, 0.1) is 0 Å². The normalized spacial score (nSPS) is 11.6. The van der Waals surface area contributed by atoms with E-state index in [-0.39, 0.29) is 12.2 Å². The van der Waals surface area contributed by atoms with Crippen molar-refractivity contribution in [3.63, 3.8) is 0 Å². The fourth-order valence-corrected chi connectivity index (χ4v) is 1.85. The summed E-state index contributed by atoms with van der Waals surface area (Å²) in [7, 11) is 3.03. The summed E-state index contributed by atoms with van der Waals surface area (Å²) in [5.41, 5.74) is 0.698. The molecule has 0 aromatic heterocycles. The maximum absolute atomic E-state index is 11.8. The summed E-state index contributed by atoms with van der Waals surface area (Å²) >= 11 is 3.88. The Bertz CT molecular complexity index is 492. The van der Waals surface area contributed by atoms with Crippen LogP contribution in [0.2, 0.25) is 0 Å². The van der Waals surface area contributed by atoms with Gasteiger partial charge >= 0.3 is 5.97 Å². The third-order valence-corrected chi connectivity index (χ3v) is 2.99. The van der Waals surface area contributed by atoms with Crippen LogP contribution >= 0.6 is 12.6 Å². The molecule has 1 amide bonds. The molecule has 0 aliphatic rings. The van der Waals surface area contributed by atoms with E-state index in [1.165, 1.54) is 14.2 Å². The molecule has 0 aliphatic heterocycles. The van der Waals surface area contributed by atoms with Crippen LogP contribution in [0.1, 0.15) is 5.56 Å². The summed E-state index contributed by atoms with van der Waals surface area (Å²) in [6.45, 7) is 0. The van der Waals surface area contributed by atoms with Crippen LogP contribution in [-0.4, -0.2) is 43.0 Å². The van der Waals surface area contributed by atoms with E-state index in [9.17, 15) is 9.59 Å². The molecule has 0 spiro atoms. The summed E-state index contributed by atoms with van der Waals surface area (Å²) in [6, 6.07) is 4.09. The number of thiol groups is 1. The van der Waals surface area contributed by atoms with Gasteiger partial charge in [0.15, 0.2) is 11.5 Å². The summed E-state index contributed by atoms with van der Waals surface area (Å²) in [6.07, 6.45) is 0.0535. The molecule has 1 aromatic carbocycles. The zero-order chi connectivity index (χ0) is 15.1. The first kappa shape index (κ1) is 16.2. The topological polar surface area (TPSA) is 84.9 Å². The van der Waals surface area contributed by atoms with Crippen molar-refractivity contribution in [3.8, 4) is 11.5 Å². The second-order valence-corrected chi connectivity index (χ2v) is 4.37. The van der Waals surface area contributed by atoms with Gasteiger partial charge in [-0.05, 0) is 17.7 Å². The van der Waals surface area contributed by atoms with E-state index in [0.717, 1.165) is 0 Å². The van der Waals surface area contributed by atoms with Gasteiger partial charge in [0.2, 0.25) is 5.91 Å². The van der Waals surface area contributed by atoms with Gasteiger partial charge < -0.3 is 19.9 Å². The first-order valence-electron chi connectivity index (χ1n) is 5.85. The van der Waals surface area contributed by atoms with Crippen LogP contribution < -0.4 is 14.8 Å². The maximum atomic E-state index is 11.8. The fraction of sp³-hybridized carbons (Fsp3) is 0.385. The number of aliphatic carboxylic acids is 1. The Morgan fingerprint density at radius 3 is 2.45 bits per heavy atom. The fourth-order valence-electron chi connectivity index (χ4n) is 1.61. The summed E-state index contributed by atoms with van der Waals surface area (Å²) < 4.78 is 10.2. The second kappa shape index (κ2) is 7.64. The zero-order valence-electron chi connectivity index (χ0n) is 11.3. The highest BCUT2D eigenvalue weighted by Gasteiger charge is 2.18. The lowest BCUT2D eigenvalue weighted by atomic mass is 10.1. The average Bonchev–Trinajstić information content (AvgIpc) is 2.44. The predicted octanol–water partition coefficient (Wildman–Crippen LogP) is 0.745. The number of nitrogens with one attached hydrogen (secondary N) is 1. The summed E-state index contributed by atoms with van der Waals surface area (Å²) in [5.74, 6) is -0.385. The monoisotopic (exact) mass is 299 g/mol. The van der Waals surface area contributed by atoms with Crippen molar-refractivity contribution in [1.29, 1.82) is 0 Å². The molecule has 0 aliphatic carbocycles. The molecule has 0 saturated carbocycles. The van der Waals surface area contributed by atoms with E-state index >= 15 is 0 Å². The molecule has 1 atom stereocenters. The van der Waals surface area contributed by atoms with E-state index in [2.05, 4.69) is 17.9 Å². The maximum Gasteiger partial charge on any atom is 0.327 e. The highest BCUT2D eigenvalue weighted by molar-refractivity contribution is 7.80. The van der Waals surface area contributed by atoms with Crippen LogP contribution in [-0.2, 0) is 16.0 Å². The molecule has 110 valence electrons. The SMILES string of the molecule is COc1ccc(CC(=O)NC(CS)C(=O)O)cc1OC. The van der Waals surface area contributed by atoms with Crippen LogP contribution in [0.4, 0.5) is 0 Å². The number of benzene rings is 1. The quantitative estimate of drug-likeness (QED) is 0.647. The van der Waals surface area contributed by atoms with Gasteiger partial charge in [-0.1, -0.05) is 6.07 Å². The molecule has 0 fully saturated rings. The van der Waals surface area contributed by atoms with E-state index < -0.39 is 17.9 Å². The van der Waals surface area contributed by atoms with Gasteiger partial charge in [0.05, 0.1) is 20.6 Å². The Balaban J connectivity index is 2.73. The number of amides is 1. The number of ether oxygens (including phenoxy) is 2. The first-order chi connectivity index (χ1) is 9.51. The molecule has 0 heterocycles. The number of carboxylic acids is 1. The molecular formula is C13H17NO5S. The lowest BCUT2D eigenvalue weighted by molar-refractivity contribution is -0.141. The zero-order valence-corrected chi connectivity index (χ0v) is 12.1. The largest absolute Gasteiger partial charge is 0.493 e. The number of methoxy groups -OCH3 is 2. The number of rotatable bonds is 7. The summed E-state index contributed by atoms with van der Waals surface area (Å²) in [5, 5.41) is 11.2. The van der Waals surface area contributed by atoms with Gasteiger partial charge in [0, 0.05) is 5.75 Å². The minimum atomic E-state index is -1.11. The molecule has 0 radical (unpaired) electrons. The van der Waals surface area contributed by atoms with E-state index in [1.54, 1.807) is 18.2 Å². The van der Waals surface area contributed by atoms with E-state index in [1.807, 2.05) is 0 Å². The number of hydrogen-bond acceptors (Lipinski definition) is 5. The Morgan fingerprint density at radius 2 is 1.95 bits per heavy atom. The van der Waals surface area contributed by atoms with Crippen molar-refractivity contribution in [2.45, 2.75) is 12.5 Å². The van der Waals surface area contributed by atoms with E-state index in [4.69, 9.17) is 14.6 Å². The molecule has 7 heteroatoms. The van der Waals surface area contributed by atoms with Crippen LogP contribution in [0.25, 0.3) is 0 Å². The molecule has 1 unspecified atom stereocenters. The minimum absolute atomic E-state index is 0.0347. The molecule has 1 rings (SSSR count). The lowest BCUT2D eigenvalue weighted by Gasteiger charge is -2.13. The Morgan fingerprint density at radius 1 is 1.30 bits per heavy atom. The highest BCUT2D eigenvalue weighted by Crippen LogP contribution is 2.27. The second-order valence-electron chi connectivity index (χ2n) is 4.01. The van der Waals surface area contributed by atoms with Gasteiger partial charge in [-0.15, -0.1) is 0 Å². The Kier molecular flexibility index (Phi) is 6.17. The Hall–Kier alpha value is -1.89. The number of carboxylic acid groups (broad SMARTS) is 1. The Labute approximate surface area is 122 Å². The van der Waals surface area contributed by atoms with Crippen LogP contribution in [0.15, 0.2) is 18.2 Å². The average molecular weight is 299 g/mol. The number of hydrogen-bond donors (Lipinski definition) is 3. The molecule has 0 bridgehead atoms. The van der Waals surface area contributed by atoms with Crippen molar-refractivity contribution < 1.29 is 24.2 Å². The third kappa shape index (κ3) is 4.34. The van der Waals surface area contributed by atoms with Crippen LogP contribution in [0.3, 0.4) is 0 Å². The number of carbonyl (C=O) groups excluding carboxylic acids is 1. The lowest BCUT2D eigenvalue weighted by Crippen LogP contribution is -2.42. The van der Waals surface area contributed by atoms with Gasteiger partial charge in [0.25, 0.3) is 0 Å². The molecule has 20 heavy (non-hydrogen) atoms. The summed E-state index contributed by atoms with van der Waals surface area (Å²) in [4.78, 5) is 22.6. The predicted molar refractivity (Wildman–Crippen MR) is 76.7 cm³/mol. The number of carbonyl (C=O) groups is 2.